The lowest BCUT2D eigenvalue weighted by Gasteiger charge is -2.15. The first-order chi connectivity index (χ1) is 9.12. The third kappa shape index (κ3) is 2.09. The van der Waals surface area contributed by atoms with E-state index in [1.165, 1.54) is 0 Å². The summed E-state index contributed by atoms with van der Waals surface area (Å²) >= 11 is 0. The second-order valence-corrected chi connectivity index (χ2v) is 6.35. The molecule has 2 aromatic carbocycles. The first kappa shape index (κ1) is 12.4. The van der Waals surface area contributed by atoms with Gasteiger partial charge >= 0.3 is 0 Å². The quantitative estimate of drug-likeness (QED) is 0.870. The molecule has 0 fully saturated rings. The second-order valence-electron chi connectivity index (χ2n) is 4.61. The molecule has 1 atom stereocenters. The Kier molecular flexibility index (Phi) is 2.95. The summed E-state index contributed by atoms with van der Waals surface area (Å²) in [5, 5.41) is 1.82. The average molecular weight is 277 g/mol. The van der Waals surface area contributed by atoms with Gasteiger partial charge in [-0.3, -0.25) is 0 Å². The van der Waals surface area contributed by atoms with Gasteiger partial charge in [0, 0.05) is 11.9 Å². The molecule has 19 heavy (non-hydrogen) atoms. The Morgan fingerprint density at radius 3 is 2.84 bits per heavy atom. The van der Waals surface area contributed by atoms with Gasteiger partial charge in [0.25, 0.3) is 0 Å². The van der Waals surface area contributed by atoms with Crippen LogP contribution in [0.25, 0.3) is 10.8 Å². The van der Waals surface area contributed by atoms with Crippen molar-refractivity contribution in [2.24, 2.45) is 0 Å². The number of nitrogens with one attached hydrogen (secondary N) is 1. The topological polar surface area (TPSA) is 55.4 Å². The summed E-state index contributed by atoms with van der Waals surface area (Å²) in [5.41, 5.74) is 0. The highest BCUT2D eigenvalue weighted by Gasteiger charge is 2.27. The van der Waals surface area contributed by atoms with Crippen molar-refractivity contribution in [1.82, 2.24) is 4.72 Å². The third-order valence-corrected chi connectivity index (χ3v) is 4.82. The predicted octanol–water partition coefficient (Wildman–Crippen LogP) is 2.29. The molecule has 0 amide bonds. The van der Waals surface area contributed by atoms with E-state index in [1.54, 1.807) is 6.07 Å². The van der Waals surface area contributed by atoms with Gasteiger partial charge in [-0.2, -0.15) is 0 Å². The SMILES string of the molecule is CC[C@@H]1CNS(=O)(=O)c2ccc3ccccc3c2O1. The van der Waals surface area contributed by atoms with Crippen LogP contribution in [0, 0.1) is 0 Å². The molecule has 1 N–H and O–H groups in total. The summed E-state index contributed by atoms with van der Waals surface area (Å²) in [6.45, 7) is 2.29. The van der Waals surface area contributed by atoms with E-state index in [9.17, 15) is 8.42 Å². The van der Waals surface area contributed by atoms with Crippen LogP contribution in [-0.4, -0.2) is 21.1 Å². The van der Waals surface area contributed by atoms with Gasteiger partial charge in [0.1, 0.15) is 16.7 Å². The maximum absolute atomic E-state index is 12.2. The van der Waals surface area contributed by atoms with Gasteiger partial charge in [0.15, 0.2) is 0 Å². The molecule has 0 spiro atoms. The van der Waals surface area contributed by atoms with Crippen LogP contribution >= 0.6 is 0 Å². The molecule has 0 aromatic heterocycles. The minimum absolute atomic E-state index is 0.137. The van der Waals surface area contributed by atoms with Gasteiger partial charge in [0.05, 0.1) is 0 Å². The van der Waals surface area contributed by atoms with Crippen molar-refractivity contribution in [2.45, 2.75) is 24.3 Å². The van der Waals surface area contributed by atoms with E-state index in [0.29, 0.717) is 12.3 Å². The van der Waals surface area contributed by atoms with Crippen molar-refractivity contribution in [3.63, 3.8) is 0 Å². The lowest BCUT2D eigenvalue weighted by molar-refractivity contribution is 0.203. The Morgan fingerprint density at radius 2 is 2.05 bits per heavy atom. The Balaban J connectivity index is 2.31. The molecular formula is C14H15NO3S. The fourth-order valence-corrected chi connectivity index (χ4v) is 3.48. The van der Waals surface area contributed by atoms with Crippen molar-refractivity contribution in [2.75, 3.05) is 6.54 Å². The molecule has 100 valence electrons. The molecule has 0 unspecified atom stereocenters. The van der Waals surface area contributed by atoms with E-state index in [4.69, 9.17) is 4.74 Å². The van der Waals surface area contributed by atoms with Crippen molar-refractivity contribution < 1.29 is 13.2 Å². The summed E-state index contributed by atoms with van der Waals surface area (Å²) in [7, 11) is -3.49. The molecule has 4 nitrogen and oxygen atoms in total. The fraction of sp³-hybridized carbons (Fsp3) is 0.286. The van der Waals surface area contributed by atoms with Crippen LogP contribution in [0.3, 0.4) is 0 Å². The zero-order valence-corrected chi connectivity index (χ0v) is 11.4. The van der Waals surface area contributed by atoms with Crippen LogP contribution in [0.5, 0.6) is 5.75 Å². The number of rotatable bonds is 1. The standard InChI is InChI=1S/C14H15NO3S/c1-2-11-9-15-19(16,17)13-8-7-10-5-3-4-6-12(10)14(13)18-11/h3-8,11,15H,2,9H2,1H3/t11-/m1/s1. The fourth-order valence-electron chi connectivity index (χ4n) is 2.27. The molecule has 5 heteroatoms. The number of fused-ring (bicyclic) bond motifs is 3. The van der Waals surface area contributed by atoms with Gasteiger partial charge in [-0.15, -0.1) is 0 Å². The highest BCUT2D eigenvalue weighted by molar-refractivity contribution is 7.89. The van der Waals surface area contributed by atoms with E-state index in [-0.39, 0.29) is 11.0 Å². The summed E-state index contributed by atoms with van der Waals surface area (Å²) in [6.07, 6.45) is 0.618. The van der Waals surface area contributed by atoms with E-state index < -0.39 is 10.0 Å². The number of benzene rings is 2. The monoisotopic (exact) mass is 277 g/mol. The van der Waals surface area contributed by atoms with Gasteiger partial charge in [-0.1, -0.05) is 37.3 Å². The lowest BCUT2D eigenvalue weighted by atomic mass is 10.1. The number of ether oxygens (including phenoxy) is 1. The zero-order chi connectivity index (χ0) is 13.5. The zero-order valence-electron chi connectivity index (χ0n) is 10.6. The van der Waals surface area contributed by atoms with Crippen LogP contribution in [0.2, 0.25) is 0 Å². The molecule has 1 aliphatic heterocycles. The summed E-state index contributed by atoms with van der Waals surface area (Å²) in [4.78, 5) is 0.224. The van der Waals surface area contributed by atoms with Gasteiger partial charge < -0.3 is 4.74 Å². The Hall–Kier alpha value is -1.59. The van der Waals surface area contributed by atoms with Crippen LogP contribution in [0.1, 0.15) is 13.3 Å². The summed E-state index contributed by atoms with van der Waals surface area (Å²) in [5.74, 6) is 0.468. The smallest absolute Gasteiger partial charge is 0.244 e. The first-order valence-electron chi connectivity index (χ1n) is 6.30. The first-order valence-corrected chi connectivity index (χ1v) is 7.78. The van der Waals surface area contributed by atoms with Crippen molar-refractivity contribution in [1.29, 1.82) is 0 Å². The van der Waals surface area contributed by atoms with Crippen LogP contribution < -0.4 is 9.46 Å². The molecule has 0 aliphatic carbocycles. The maximum atomic E-state index is 12.2. The highest BCUT2D eigenvalue weighted by Crippen LogP contribution is 2.35. The number of sulfonamides is 1. The van der Waals surface area contributed by atoms with Crippen molar-refractivity contribution in [3.8, 4) is 5.75 Å². The van der Waals surface area contributed by atoms with Gasteiger partial charge in [-0.25, -0.2) is 13.1 Å². The maximum Gasteiger partial charge on any atom is 0.244 e. The lowest BCUT2D eigenvalue weighted by Crippen LogP contribution is -2.31. The minimum atomic E-state index is -3.49. The number of hydrogen-bond donors (Lipinski definition) is 1. The van der Waals surface area contributed by atoms with Gasteiger partial charge in [0.2, 0.25) is 10.0 Å². The highest BCUT2D eigenvalue weighted by atomic mass is 32.2. The molecule has 0 bridgehead atoms. The van der Waals surface area contributed by atoms with Crippen molar-refractivity contribution in [3.05, 3.63) is 36.4 Å². The van der Waals surface area contributed by atoms with Crippen LogP contribution in [0.15, 0.2) is 41.3 Å². The Morgan fingerprint density at radius 1 is 1.26 bits per heavy atom. The van der Waals surface area contributed by atoms with Crippen molar-refractivity contribution >= 4 is 20.8 Å². The second kappa shape index (κ2) is 4.51. The number of hydrogen-bond acceptors (Lipinski definition) is 3. The third-order valence-electron chi connectivity index (χ3n) is 3.37. The average Bonchev–Trinajstić information content (AvgIpc) is 2.55. The molecule has 0 saturated heterocycles. The molecule has 1 aliphatic rings. The molecule has 2 aromatic rings. The van der Waals surface area contributed by atoms with Crippen LogP contribution in [0.4, 0.5) is 0 Å². The Bertz CT molecular complexity index is 725. The Labute approximate surface area is 112 Å². The molecule has 1 heterocycles. The van der Waals surface area contributed by atoms with Crippen LogP contribution in [-0.2, 0) is 10.0 Å². The predicted molar refractivity (Wildman–Crippen MR) is 73.8 cm³/mol. The molecule has 0 saturated carbocycles. The normalized spacial score (nSPS) is 21.4. The van der Waals surface area contributed by atoms with E-state index in [2.05, 4.69) is 4.72 Å². The molecular weight excluding hydrogens is 262 g/mol. The van der Waals surface area contributed by atoms with E-state index in [0.717, 1.165) is 17.2 Å². The van der Waals surface area contributed by atoms with E-state index >= 15 is 0 Å². The summed E-state index contributed by atoms with van der Waals surface area (Å²) in [6, 6.07) is 11.1. The molecule has 0 radical (unpaired) electrons. The summed E-state index contributed by atoms with van der Waals surface area (Å²) < 4.78 is 32.9. The molecule has 3 rings (SSSR count). The minimum Gasteiger partial charge on any atom is -0.487 e. The largest absolute Gasteiger partial charge is 0.487 e. The van der Waals surface area contributed by atoms with E-state index in [1.807, 2.05) is 37.3 Å². The van der Waals surface area contributed by atoms with Gasteiger partial charge in [-0.05, 0) is 17.9 Å².